The molecule has 1 aromatic carbocycles. The lowest BCUT2D eigenvalue weighted by Gasteiger charge is -2.38. The second kappa shape index (κ2) is 9.68. The first-order valence-electron chi connectivity index (χ1n) is 10.3. The second-order valence-electron chi connectivity index (χ2n) is 7.67. The topological polar surface area (TPSA) is 55.8 Å². The van der Waals surface area contributed by atoms with E-state index >= 15 is 0 Å². The van der Waals surface area contributed by atoms with Gasteiger partial charge in [-0.1, -0.05) is 17.7 Å². The van der Waals surface area contributed by atoms with Gasteiger partial charge in [0.15, 0.2) is 0 Å². The van der Waals surface area contributed by atoms with Gasteiger partial charge in [0.25, 0.3) is 0 Å². The third kappa shape index (κ3) is 5.06. The summed E-state index contributed by atoms with van der Waals surface area (Å²) in [5, 5.41) is 0.465. The van der Waals surface area contributed by atoms with Gasteiger partial charge in [0.2, 0.25) is 11.9 Å². The molecule has 9 heteroatoms. The van der Waals surface area contributed by atoms with E-state index in [4.69, 9.17) is 11.6 Å². The normalized spacial score (nSPS) is 18.6. The maximum absolute atomic E-state index is 14.0. The second-order valence-corrected chi connectivity index (χ2v) is 8.08. The smallest absolute Gasteiger partial charge is 0.236 e. The van der Waals surface area contributed by atoms with Crippen LogP contribution in [0.5, 0.6) is 0 Å². The summed E-state index contributed by atoms with van der Waals surface area (Å²) < 4.78 is 14.0. The highest BCUT2D eigenvalue weighted by Gasteiger charge is 2.26. The Balaban J connectivity index is 1.21. The van der Waals surface area contributed by atoms with Gasteiger partial charge < -0.3 is 9.80 Å². The highest BCUT2D eigenvalue weighted by molar-refractivity contribution is 6.31. The summed E-state index contributed by atoms with van der Waals surface area (Å²) in [6.07, 6.45) is 3.47. The number of benzene rings is 1. The largest absolute Gasteiger partial charge is 0.338 e. The van der Waals surface area contributed by atoms with E-state index in [-0.39, 0.29) is 11.7 Å². The summed E-state index contributed by atoms with van der Waals surface area (Å²) in [5.74, 6) is 0.616. The number of amides is 1. The molecule has 0 N–H and O–H groups in total. The summed E-state index contributed by atoms with van der Waals surface area (Å²) in [6, 6.07) is 6.59. The standard InChI is InChI=1S/C21H26ClFN6O/c22-18-3-1-4-19(23)17(18)15-26-7-9-27(10-8-26)16-20(30)28-11-13-29(14-12-28)21-24-5-2-6-25-21/h1-6H,7-16H2. The van der Waals surface area contributed by atoms with Crippen LogP contribution in [0, 0.1) is 5.82 Å². The molecule has 160 valence electrons. The Hall–Kier alpha value is -2.29. The Kier molecular flexibility index (Phi) is 6.76. The van der Waals surface area contributed by atoms with E-state index in [1.54, 1.807) is 30.6 Å². The first-order chi connectivity index (χ1) is 14.6. The maximum Gasteiger partial charge on any atom is 0.236 e. The van der Waals surface area contributed by atoms with Crippen molar-refractivity contribution in [3.05, 3.63) is 53.1 Å². The van der Waals surface area contributed by atoms with Gasteiger partial charge in [0, 0.05) is 81.9 Å². The molecular weight excluding hydrogens is 407 g/mol. The van der Waals surface area contributed by atoms with Crippen LogP contribution in [0.1, 0.15) is 5.56 Å². The Morgan fingerprint density at radius 1 is 0.933 bits per heavy atom. The minimum Gasteiger partial charge on any atom is -0.338 e. The Morgan fingerprint density at radius 2 is 1.60 bits per heavy atom. The highest BCUT2D eigenvalue weighted by atomic mass is 35.5. The fourth-order valence-corrected chi connectivity index (χ4v) is 4.14. The van der Waals surface area contributed by atoms with Crippen molar-refractivity contribution in [2.75, 3.05) is 63.8 Å². The molecule has 3 heterocycles. The third-order valence-corrected chi connectivity index (χ3v) is 6.09. The molecule has 2 aromatic rings. The maximum atomic E-state index is 14.0. The predicted octanol–water partition coefficient (Wildman–Crippen LogP) is 1.74. The number of nitrogens with zero attached hydrogens (tertiary/aromatic N) is 6. The number of piperazine rings is 2. The van der Waals surface area contributed by atoms with Gasteiger partial charge in [-0.25, -0.2) is 14.4 Å². The highest BCUT2D eigenvalue weighted by Crippen LogP contribution is 2.21. The molecule has 0 bridgehead atoms. The zero-order valence-electron chi connectivity index (χ0n) is 16.9. The molecule has 0 radical (unpaired) electrons. The molecule has 4 rings (SSSR count). The van der Waals surface area contributed by atoms with E-state index in [0.29, 0.717) is 36.8 Å². The number of carbonyl (C=O) groups excluding carboxylic acids is 1. The van der Waals surface area contributed by atoms with E-state index in [2.05, 4.69) is 24.7 Å². The lowest BCUT2D eigenvalue weighted by molar-refractivity contribution is -0.133. The quantitative estimate of drug-likeness (QED) is 0.717. The van der Waals surface area contributed by atoms with Gasteiger partial charge in [-0.05, 0) is 18.2 Å². The van der Waals surface area contributed by atoms with Crippen LogP contribution in [-0.4, -0.2) is 89.5 Å². The average molecular weight is 433 g/mol. The van der Waals surface area contributed by atoms with Gasteiger partial charge in [-0.3, -0.25) is 14.6 Å². The lowest BCUT2D eigenvalue weighted by Crippen LogP contribution is -2.54. The van der Waals surface area contributed by atoms with Crippen molar-refractivity contribution in [1.82, 2.24) is 24.7 Å². The zero-order valence-corrected chi connectivity index (χ0v) is 17.6. The average Bonchev–Trinajstić information content (AvgIpc) is 2.78. The molecule has 2 fully saturated rings. The van der Waals surface area contributed by atoms with Crippen molar-refractivity contribution in [2.45, 2.75) is 6.54 Å². The Bertz CT molecular complexity index is 834. The van der Waals surface area contributed by atoms with Crippen molar-refractivity contribution in [3.63, 3.8) is 0 Å². The molecule has 1 aromatic heterocycles. The summed E-state index contributed by atoms with van der Waals surface area (Å²) in [6.45, 7) is 6.93. The number of hydrogen-bond acceptors (Lipinski definition) is 6. The van der Waals surface area contributed by atoms with Crippen LogP contribution in [0.2, 0.25) is 5.02 Å². The van der Waals surface area contributed by atoms with Crippen LogP contribution in [0.3, 0.4) is 0 Å². The fourth-order valence-electron chi connectivity index (χ4n) is 3.91. The fraction of sp³-hybridized carbons (Fsp3) is 0.476. The van der Waals surface area contributed by atoms with Crippen LogP contribution < -0.4 is 4.90 Å². The third-order valence-electron chi connectivity index (χ3n) is 5.73. The Labute approximate surface area is 181 Å². The molecule has 1 amide bonds. The molecule has 0 spiro atoms. The van der Waals surface area contributed by atoms with Crippen molar-refractivity contribution in [2.24, 2.45) is 0 Å². The summed E-state index contributed by atoms with van der Waals surface area (Å²) >= 11 is 6.14. The first kappa shape index (κ1) is 21.0. The number of anilines is 1. The van der Waals surface area contributed by atoms with Crippen molar-refractivity contribution in [3.8, 4) is 0 Å². The molecule has 0 saturated carbocycles. The van der Waals surface area contributed by atoms with E-state index in [0.717, 1.165) is 45.2 Å². The van der Waals surface area contributed by atoms with E-state index in [1.165, 1.54) is 6.07 Å². The summed E-state index contributed by atoms with van der Waals surface area (Å²) in [4.78, 5) is 29.7. The van der Waals surface area contributed by atoms with Crippen LogP contribution in [0.25, 0.3) is 0 Å². The number of carbonyl (C=O) groups is 1. The summed E-state index contributed by atoms with van der Waals surface area (Å²) in [5.41, 5.74) is 0.545. The van der Waals surface area contributed by atoms with Gasteiger partial charge in [0.1, 0.15) is 5.82 Å². The van der Waals surface area contributed by atoms with E-state index < -0.39 is 0 Å². The molecule has 0 aliphatic carbocycles. The van der Waals surface area contributed by atoms with E-state index in [9.17, 15) is 9.18 Å². The van der Waals surface area contributed by atoms with Crippen LogP contribution >= 0.6 is 11.6 Å². The molecule has 2 saturated heterocycles. The monoisotopic (exact) mass is 432 g/mol. The number of hydrogen-bond donors (Lipinski definition) is 0. The molecule has 7 nitrogen and oxygen atoms in total. The summed E-state index contributed by atoms with van der Waals surface area (Å²) in [7, 11) is 0. The molecule has 2 aliphatic heterocycles. The van der Waals surface area contributed by atoms with Gasteiger partial charge >= 0.3 is 0 Å². The van der Waals surface area contributed by atoms with Gasteiger partial charge in [0.05, 0.1) is 6.54 Å². The molecular formula is C21H26ClFN6O. The SMILES string of the molecule is O=C(CN1CCN(Cc2c(F)cccc2Cl)CC1)N1CCN(c2ncccn2)CC1. The van der Waals surface area contributed by atoms with Crippen molar-refractivity contribution >= 4 is 23.5 Å². The zero-order chi connectivity index (χ0) is 20.9. The predicted molar refractivity (Wildman–Crippen MR) is 114 cm³/mol. The van der Waals surface area contributed by atoms with Crippen LogP contribution in [0.4, 0.5) is 10.3 Å². The van der Waals surface area contributed by atoms with Gasteiger partial charge in [-0.2, -0.15) is 0 Å². The number of aromatic nitrogens is 2. The van der Waals surface area contributed by atoms with Gasteiger partial charge in [-0.15, -0.1) is 0 Å². The van der Waals surface area contributed by atoms with E-state index in [1.807, 2.05) is 4.90 Å². The van der Waals surface area contributed by atoms with Crippen molar-refractivity contribution in [1.29, 1.82) is 0 Å². The lowest BCUT2D eigenvalue weighted by atomic mass is 10.2. The van der Waals surface area contributed by atoms with Crippen LogP contribution in [-0.2, 0) is 11.3 Å². The van der Waals surface area contributed by atoms with Crippen LogP contribution in [0.15, 0.2) is 36.7 Å². The minimum atomic E-state index is -0.264. The first-order valence-corrected chi connectivity index (χ1v) is 10.7. The van der Waals surface area contributed by atoms with Crippen molar-refractivity contribution < 1.29 is 9.18 Å². The number of rotatable bonds is 5. The minimum absolute atomic E-state index is 0.161. The molecule has 0 unspecified atom stereocenters. The number of halogens is 2. The molecule has 0 atom stereocenters. The molecule has 30 heavy (non-hydrogen) atoms. The Morgan fingerprint density at radius 3 is 2.27 bits per heavy atom. The molecule has 2 aliphatic rings.